The maximum Gasteiger partial charge on any atom is 0.255 e. The lowest BCUT2D eigenvalue weighted by Gasteiger charge is -1.87. The fourth-order valence-electron chi connectivity index (χ4n) is 0.565. The third kappa shape index (κ3) is 3.25. The number of nitrogens with zero attached hydrogens (tertiary/aromatic N) is 1. The van der Waals surface area contributed by atoms with Gasteiger partial charge in [0.05, 0.1) is 6.20 Å². The monoisotopic (exact) mass is 170 g/mol. The average molecular weight is 170 g/mol. The molecule has 0 aliphatic carbocycles. The van der Waals surface area contributed by atoms with Crippen LogP contribution in [0.2, 0.25) is 0 Å². The summed E-state index contributed by atoms with van der Waals surface area (Å²) in [5.74, 6) is 0.859. The second-order valence-corrected chi connectivity index (χ2v) is 2.79. The van der Waals surface area contributed by atoms with Gasteiger partial charge in [0, 0.05) is 12.3 Å². The van der Waals surface area contributed by atoms with Crippen LogP contribution in [0.3, 0.4) is 0 Å². The van der Waals surface area contributed by atoms with Crippen LogP contribution in [-0.4, -0.2) is 17.3 Å². The zero-order valence-electron chi connectivity index (χ0n) is 6.06. The lowest BCUT2D eigenvalue weighted by atomic mass is 10.5. The van der Waals surface area contributed by atoms with Gasteiger partial charge < -0.3 is 10.2 Å². The highest BCUT2D eigenvalue weighted by Gasteiger charge is 1.93. The van der Waals surface area contributed by atoms with Gasteiger partial charge in [-0.1, -0.05) is 23.9 Å². The average Bonchev–Trinajstić information content (AvgIpc) is 2.50. The van der Waals surface area contributed by atoms with Gasteiger partial charge in [0.15, 0.2) is 0 Å². The summed E-state index contributed by atoms with van der Waals surface area (Å²) in [6.45, 7) is 0.589. The number of rotatable bonds is 4. The lowest BCUT2D eigenvalue weighted by Crippen LogP contribution is -1.92. The molecule has 1 rings (SSSR count). The van der Waals surface area contributed by atoms with E-state index < -0.39 is 0 Å². The fourth-order valence-corrected chi connectivity index (χ4v) is 1.20. The Morgan fingerprint density at radius 3 is 3.18 bits per heavy atom. The molecule has 0 fully saturated rings. The molecular formula is C7H10N2OS. The van der Waals surface area contributed by atoms with Crippen LogP contribution >= 0.6 is 11.8 Å². The molecule has 0 spiro atoms. The van der Waals surface area contributed by atoms with Crippen LogP contribution in [0.4, 0.5) is 0 Å². The summed E-state index contributed by atoms with van der Waals surface area (Å²) in [5, 5.41) is 0.701. The molecule has 0 saturated carbocycles. The van der Waals surface area contributed by atoms with Crippen molar-refractivity contribution in [2.45, 2.75) is 5.22 Å². The first-order valence-electron chi connectivity index (χ1n) is 3.31. The highest BCUT2D eigenvalue weighted by Crippen LogP contribution is 2.13. The summed E-state index contributed by atoms with van der Waals surface area (Å²) in [6.07, 6.45) is 7.11. The number of hydrogen-bond donors (Lipinski definition) is 1. The van der Waals surface area contributed by atoms with Gasteiger partial charge in [-0.15, -0.1) is 0 Å². The molecule has 3 nitrogen and oxygen atoms in total. The molecule has 0 saturated heterocycles. The van der Waals surface area contributed by atoms with Crippen LogP contribution in [0.1, 0.15) is 0 Å². The molecule has 2 N–H and O–H groups in total. The van der Waals surface area contributed by atoms with E-state index in [2.05, 4.69) is 4.98 Å². The third-order valence-corrected chi connectivity index (χ3v) is 1.82. The summed E-state index contributed by atoms with van der Waals surface area (Å²) in [6, 6.07) is 0. The first-order valence-corrected chi connectivity index (χ1v) is 4.29. The van der Waals surface area contributed by atoms with E-state index in [-0.39, 0.29) is 0 Å². The highest BCUT2D eigenvalue weighted by atomic mass is 32.2. The predicted octanol–water partition coefficient (Wildman–Crippen LogP) is 1.28. The summed E-state index contributed by atoms with van der Waals surface area (Å²) < 4.78 is 5.00. The standard InChI is InChI=1S/C7H10N2OS/c8-3-1-2-6-11-7-9-4-5-10-7/h1-2,4-5H,3,6,8H2/b2-1+. The lowest BCUT2D eigenvalue weighted by molar-refractivity contribution is 0.454. The van der Waals surface area contributed by atoms with Gasteiger partial charge in [-0.05, 0) is 0 Å². The van der Waals surface area contributed by atoms with Gasteiger partial charge in [0.2, 0.25) is 0 Å². The first-order chi connectivity index (χ1) is 5.43. The van der Waals surface area contributed by atoms with Crippen molar-refractivity contribution >= 4 is 11.8 Å². The summed E-state index contributed by atoms with van der Waals surface area (Å²) in [5.41, 5.74) is 5.25. The van der Waals surface area contributed by atoms with E-state index in [1.807, 2.05) is 12.2 Å². The van der Waals surface area contributed by atoms with Crippen molar-refractivity contribution in [3.63, 3.8) is 0 Å². The molecule has 0 atom stereocenters. The van der Waals surface area contributed by atoms with Gasteiger partial charge in [-0.25, -0.2) is 4.98 Å². The van der Waals surface area contributed by atoms with E-state index >= 15 is 0 Å². The van der Waals surface area contributed by atoms with Crippen molar-refractivity contribution < 1.29 is 4.42 Å². The van der Waals surface area contributed by atoms with Crippen LogP contribution < -0.4 is 5.73 Å². The van der Waals surface area contributed by atoms with Crippen LogP contribution in [0.5, 0.6) is 0 Å². The Hall–Kier alpha value is -0.740. The van der Waals surface area contributed by atoms with Gasteiger partial charge in [-0.2, -0.15) is 0 Å². The SMILES string of the molecule is NC/C=C/CSc1ncco1. The minimum absolute atomic E-state index is 0.589. The second-order valence-electron chi connectivity index (χ2n) is 1.82. The second kappa shape index (κ2) is 4.98. The number of hydrogen-bond acceptors (Lipinski definition) is 4. The molecule has 0 bridgehead atoms. The number of thioether (sulfide) groups is 1. The molecule has 1 aromatic heterocycles. The summed E-state index contributed by atoms with van der Waals surface area (Å²) in [4.78, 5) is 3.95. The Kier molecular flexibility index (Phi) is 3.79. The normalized spacial score (nSPS) is 11.0. The molecule has 0 radical (unpaired) electrons. The van der Waals surface area contributed by atoms with Crippen molar-refractivity contribution in [2.75, 3.05) is 12.3 Å². The van der Waals surface area contributed by atoms with Crippen molar-refractivity contribution in [2.24, 2.45) is 5.73 Å². The molecular weight excluding hydrogens is 160 g/mol. The minimum atomic E-state index is 0.589. The zero-order chi connectivity index (χ0) is 7.94. The first kappa shape index (κ1) is 8.36. The molecule has 0 unspecified atom stereocenters. The Morgan fingerprint density at radius 1 is 1.64 bits per heavy atom. The van der Waals surface area contributed by atoms with E-state index in [0.29, 0.717) is 11.8 Å². The molecule has 1 aromatic rings. The molecule has 0 aliphatic heterocycles. The Morgan fingerprint density at radius 2 is 2.55 bits per heavy atom. The Bertz CT molecular complexity index is 208. The topological polar surface area (TPSA) is 52.0 Å². The maximum atomic E-state index is 5.25. The number of nitrogens with two attached hydrogens (primary N) is 1. The highest BCUT2D eigenvalue weighted by molar-refractivity contribution is 7.99. The molecule has 0 aromatic carbocycles. The minimum Gasteiger partial charge on any atom is -0.440 e. The van der Waals surface area contributed by atoms with E-state index in [1.54, 1.807) is 24.2 Å². The predicted molar refractivity (Wildman–Crippen MR) is 45.4 cm³/mol. The smallest absolute Gasteiger partial charge is 0.255 e. The van der Waals surface area contributed by atoms with Gasteiger partial charge >= 0.3 is 0 Å². The van der Waals surface area contributed by atoms with Gasteiger partial charge in [-0.3, -0.25) is 0 Å². The van der Waals surface area contributed by atoms with Gasteiger partial charge in [0.1, 0.15) is 6.26 Å². The summed E-state index contributed by atoms with van der Waals surface area (Å²) >= 11 is 1.55. The van der Waals surface area contributed by atoms with Crippen LogP contribution in [0.15, 0.2) is 34.3 Å². The number of aromatic nitrogens is 1. The maximum absolute atomic E-state index is 5.25. The van der Waals surface area contributed by atoms with Crippen LogP contribution in [0.25, 0.3) is 0 Å². The van der Waals surface area contributed by atoms with Gasteiger partial charge in [0.25, 0.3) is 5.22 Å². The quantitative estimate of drug-likeness (QED) is 0.546. The molecule has 0 amide bonds. The third-order valence-electron chi connectivity index (χ3n) is 1.02. The van der Waals surface area contributed by atoms with E-state index in [9.17, 15) is 0 Å². The Labute approximate surface area is 69.7 Å². The number of oxazole rings is 1. The molecule has 11 heavy (non-hydrogen) atoms. The Balaban J connectivity index is 2.19. The zero-order valence-corrected chi connectivity index (χ0v) is 6.88. The van der Waals surface area contributed by atoms with Crippen molar-refractivity contribution in [3.8, 4) is 0 Å². The van der Waals surface area contributed by atoms with E-state index in [4.69, 9.17) is 10.2 Å². The molecule has 4 heteroatoms. The molecule has 0 aliphatic rings. The fraction of sp³-hybridized carbons (Fsp3) is 0.286. The molecule has 1 heterocycles. The van der Waals surface area contributed by atoms with E-state index in [1.165, 1.54) is 0 Å². The van der Waals surface area contributed by atoms with Crippen molar-refractivity contribution in [3.05, 3.63) is 24.6 Å². The van der Waals surface area contributed by atoms with Crippen LogP contribution in [0, 0.1) is 0 Å². The largest absolute Gasteiger partial charge is 0.440 e. The van der Waals surface area contributed by atoms with Crippen molar-refractivity contribution in [1.29, 1.82) is 0 Å². The van der Waals surface area contributed by atoms with E-state index in [0.717, 1.165) is 5.75 Å². The molecule has 60 valence electrons. The van der Waals surface area contributed by atoms with Crippen molar-refractivity contribution in [1.82, 2.24) is 4.98 Å². The summed E-state index contributed by atoms with van der Waals surface area (Å²) in [7, 11) is 0. The van der Waals surface area contributed by atoms with Crippen LogP contribution in [-0.2, 0) is 0 Å².